The van der Waals surface area contributed by atoms with Crippen molar-refractivity contribution in [3.8, 4) is 11.4 Å². The number of hydrogen-bond donors (Lipinski definition) is 0. The van der Waals surface area contributed by atoms with Crippen molar-refractivity contribution >= 4 is 40.9 Å². The fourth-order valence-electron chi connectivity index (χ4n) is 3.00. The first kappa shape index (κ1) is 22.7. The van der Waals surface area contributed by atoms with Crippen molar-refractivity contribution in [3.63, 3.8) is 0 Å². The standard InChI is InChI=1S/C22H24Cl2N4OS/c1-14(2)13-28-20(17-11-10-16(23)12-18(17)24)25-26-22(28)30-19(21(29)27(3)4)15-8-6-5-7-9-15/h5-12,14,19H,13H2,1-4H3/t19-/m1/s1. The number of likely N-dealkylation sites (N-methyl/N-ethyl adjacent to an activating group) is 1. The zero-order chi connectivity index (χ0) is 21.8. The van der Waals surface area contributed by atoms with E-state index in [-0.39, 0.29) is 5.91 Å². The average Bonchev–Trinajstić information content (AvgIpc) is 3.07. The maximum absolute atomic E-state index is 13.0. The van der Waals surface area contributed by atoms with E-state index in [1.165, 1.54) is 11.8 Å². The second-order valence-electron chi connectivity index (χ2n) is 7.58. The Balaban J connectivity index is 2.06. The minimum atomic E-state index is -0.426. The molecule has 5 nitrogen and oxygen atoms in total. The maximum Gasteiger partial charge on any atom is 0.240 e. The molecule has 0 fully saturated rings. The number of aromatic nitrogens is 3. The lowest BCUT2D eigenvalue weighted by Crippen LogP contribution is -2.27. The first-order valence-electron chi connectivity index (χ1n) is 9.59. The van der Waals surface area contributed by atoms with E-state index in [2.05, 4.69) is 24.0 Å². The summed E-state index contributed by atoms with van der Waals surface area (Å²) in [6, 6.07) is 15.0. The van der Waals surface area contributed by atoms with E-state index in [0.29, 0.717) is 33.5 Å². The largest absolute Gasteiger partial charge is 0.348 e. The van der Waals surface area contributed by atoms with E-state index < -0.39 is 5.25 Å². The summed E-state index contributed by atoms with van der Waals surface area (Å²) in [4.78, 5) is 14.6. The number of rotatable bonds is 7. The van der Waals surface area contributed by atoms with Crippen LogP contribution in [-0.2, 0) is 11.3 Å². The third-order valence-corrected chi connectivity index (χ3v) is 6.20. The van der Waals surface area contributed by atoms with Gasteiger partial charge in [-0.05, 0) is 29.7 Å². The first-order valence-corrected chi connectivity index (χ1v) is 11.2. The summed E-state index contributed by atoms with van der Waals surface area (Å²) >= 11 is 13.9. The summed E-state index contributed by atoms with van der Waals surface area (Å²) < 4.78 is 2.03. The number of nitrogens with zero attached hydrogens (tertiary/aromatic N) is 4. The Labute approximate surface area is 191 Å². The molecule has 0 radical (unpaired) electrons. The second-order valence-corrected chi connectivity index (χ2v) is 9.49. The third-order valence-electron chi connectivity index (χ3n) is 4.43. The lowest BCUT2D eigenvalue weighted by molar-refractivity contribution is -0.128. The number of thioether (sulfide) groups is 1. The van der Waals surface area contributed by atoms with Gasteiger partial charge in [-0.15, -0.1) is 10.2 Å². The summed E-state index contributed by atoms with van der Waals surface area (Å²) in [5.74, 6) is 1.01. The van der Waals surface area contributed by atoms with Gasteiger partial charge < -0.3 is 9.47 Å². The van der Waals surface area contributed by atoms with Gasteiger partial charge in [0.2, 0.25) is 5.91 Å². The molecule has 1 amide bonds. The van der Waals surface area contributed by atoms with Gasteiger partial charge in [0.25, 0.3) is 0 Å². The summed E-state index contributed by atoms with van der Waals surface area (Å²) in [7, 11) is 3.52. The second kappa shape index (κ2) is 9.86. The number of benzene rings is 2. The van der Waals surface area contributed by atoms with E-state index in [1.54, 1.807) is 31.1 Å². The number of hydrogen-bond acceptors (Lipinski definition) is 4. The van der Waals surface area contributed by atoms with Crippen molar-refractivity contribution in [2.45, 2.75) is 30.8 Å². The number of carbonyl (C=O) groups is 1. The topological polar surface area (TPSA) is 51.0 Å². The summed E-state index contributed by atoms with van der Waals surface area (Å²) in [6.07, 6.45) is 0. The third kappa shape index (κ3) is 5.17. The molecule has 1 aromatic heterocycles. The molecule has 3 rings (SSSR count). The lowest BCUT2D eigenvalue weighted by atomic mass is 10.1. The number of amides is 1. The molecule has 158 valence electrons. The summed E-state index contributed by atoms with van der Waals surface area (Å²) in [5, 5.41) is 10.2. The Morgan fingerprint density at radius 1 is 1.10 bits per heavy atom. The summed E-state index contributed by atoms with van der Waals surface area (Å²) in [6.45, 7) is 4.95. The zero-order valence-electron chi connectivity index (χ0n) is 17.3. The molecule has 1 atom stereocenters. The molecule has 8 heteroatoms. The van der Waals surface area contributed by atoms with Crippen molar-refractivity contribution in [3.05, 3.63) is 64.1 Å². The molecule has 0 saturated carbocycles. The van der Waals surface area contributed by atoms with E-state index >= 15 is 0 Å². The van der Waals surface area contributed by atoms with Gasteiger partial charge in [0.1, 0.15) is 5.25 Å². The van der Waals surface area contributed by atoms with Gasteiger partial charge in [-0.25, -0.2) is 0 Å². The molecule has 1 heterocycles. The Morgan fingerprint density at radius 3 is 2.40 bits per heavy atom. The first-order chi connectivity index (χ1) is 14.3. The van der Waals surface area contributed by atoms with E-state index in [9.17, 15) is 4.79 Å². The van der Waals surface area contributed by atoms with Crippen LogP contribution in [0.1, 0.15) is 24.7 Å². The quantitative estimate of drug-likeness (QED) is 0.414. The molecule has 0 bridgehead atoms. The Morgan fingerprint density at radius 2 is 1.80 bits per heavy atom. The molecule has 0 aliphatic heterocycles. The predicted octanol–water partition coefficient (Wildman–Crippen LogP) is 5.83. The highest BCUT2D eigenvalue weighted by Crippen LogP contribution is 2.38. The lowest BCUT2D eigenvalue weighted by Gasteiger charge is -2.21. The molecule has 3 aromatic rings. The average molecular weight is 463 g/mol. The van der Waals surface area contributed by atoms with Crippen LogP contribution in [0, 0.1) is 5.92 Å². The van der Waals surface area contributed by atoms with Crippen LogP contribution in [0.3, 0.4) is 0 Å². The number of halogens is 2. The molecule has 0 saturated heterocycles. The van der Waals surface area contributed by atoms with Crippen molar-refractivity contribution < 1.29 is 4.79 Å². The molecule has 0 aliphatic carbocycles. The van der Waals surface area contributed by atoms with Gasteiger partial charge in [-0.1, -0.05) is 79.1 Å². The normalized spacial score (nSPS) is 12.2. The Bertz CT molecular complexity index is 1020. The molecule has 0 unspecified atom stereocenters. The fourth-order valence-corrected chi connectivity index (χ4v) is 4.69. The highest BCUT2D eigenvalue weighted by atomic mass is 35.5. The highest BCUT2D eigenvalue weighted by Gasteiger charge is 2.27. The zero-order valence-corrected chi connectivity index (χ0v) is 19.7. The van der Waals surface area contributed by atoms with Crippen molar-refractivity contribution in [1.82, 2.24) is 19.7 Å². The van der Waals surface area contributed by atoms with Gasteiger partial charge in [-0.3, -0.25) is 4.79 Å². The van der Waals surface area contributed by atoms with E-state index in [0.717, 1.165) is 11.1 Å². The Hall–Kier alpha value is -2.02. The van der Waals surface area contributed by atoms with Crippen molar-refractivity contribution in [1.29, 1.82) is 0 Å². The number of carbonyl (C=O) groups excluding carboxylic acids is 1. The van der Waals surface area contributed by atoms with Crippen LogP contribution in [0.4, 0.5) is 0 Å². The molecule has 2 aromatic carbocycles. The van der Waals surface area contributed by atoms with Crippen LogP contribution in [0.15, 0.2) is 53.7 Å². The molecule has 0 aliphatic rings. The van der Waals surface area contributed by atoms with Crippen LogP contribution >= 0.6 is 35.0 Å². The van der Waals surface area contributed by atoms with E-state index in [4.69, 9.17) is 23.2 Å². The van der Waals surface area contributed by atoms with Crippen LogP contribution in [0.25, 0.3) is 11.4 Å². The van der Waals surface area contributed by atoms with Crippen LogP contribution in [0.5, 0.6) is 0 Å². The fraction of sp³-hybridized carbons (Fsp3) is 0.318. The van der Waals surface area contributed by atoms with Crippen molar-refractivity contribution in [2.24, 2.45) is 5.92 Å². The molecule has 0 spiro atoms. The predicted molar refractivity (Wildman–Crippen MR) is 124 cm³/mol. The van der Waals surface area contributed by atoms with Gasteiger partial charge >= 0.3 is 0 Å². The molecule has 0 N–H and O–H groups in total. The molecular formula is C22H24Cl2N4OS. The van der Waals surface area contributed by atoms with Crippen LogP contribution < -0.4 is 0 Å². The molecule has 30 heavy (non-hydrogen) atoms. The smallest absolute Gasteiger partial charge is 0.240 e. The minimum absolute atomic E-state index is 0.00336. The molecular weight excluding hydrogens is 439 g/mol. The Kier molecular flexibility index (Phi) is 7.45. The van der Waals surface area contributed by atoms with Gasteiger partial charge in [0, 0.05) is 31.2 Å². The maximum atomic E-state index is 13.0. The summed E-state index contributed by atoms with van der Waals surface area (Å²) in [5.41, 5.74) is 1.68. The van der Waals surface area contributed by atoms with Crippen LogP contribution in [-0.4, -0.2) is 39.7 Å². The van der Waals surface area contributed by atoms with Gasteiger partial charge in [0.05, 0.1) is 5.02 Å². The van der Waals surface area contributed by atoms with Crippen LogP contribution in [0.2, 0.25) is 10.0 Å². The SMILES string of the molecule is CC(C)Cn1c(S[C@@H](C(=O)N(C)C)c2ccccc2)nnc1-c1ccc(Cl)cc1Cl. The van der Waals surface area contributed by atoms with E-state index in [1.807, 2.05) is 41.0 Å². The highest BCUT2D eigenvalue weighted by molar-refractivity contribution is 8.00. The minimum Gasteiger partial charge on any atom is -0.348 e. The van der Waals surface area contributed by atoms with Gasteiger partial charge in [-0.2, -0.15) is 0 Å². The van der Waals surface area contributed by atoms with Crippen molar-refractivity contribution in [2.75, 3.05) is 14.1 Å². The van der Waals surface area contributed by atoms with Gasteiger partial charge in [0.15, 0.2) is 11.0 Å². The monoisotopic (exact) mass is 462 g/mol.